The van der Waals surface area contributed by atoms with Crippen molar-refractivity contribution in [1.29, 1.82) is 5.41 Å². The summed E-state index contributed by atoms with van der Waals surface area (Å²) in [6, 6.07) is 17.8. The number of nitrogens with one attached hydrogen (secondary N) is 2. The maximum atomic E-state index is 13.6. The number of halogens is 2. The number of nitrogens with zero attached hydrogens (tertiary/aromatic N) is 3. The minimum atomic E-state index is -3.73. The smallest absolute Gasteiger partial charge is 0.246 e. The molecule has 0 radical (unpaired) electrons. The van der Waals surface area contributed by atoms with Crippen molar-refractivity contribution >= 4 is 39.2 Å². The molecule has 1 aliphatic heterocycles. The Morgan fingerprint density at radius 3 is 2.62 bits per heavy atom. The van der Waals surface area contributed by atoms with Gasteiger partial charge in [0, 0.05) is 65.8 Å². The van der Waals surface area contributed by atoms with Crippen molar-refractivity contribution < 1.29 is 12.8 Å². The largest absolute Gasteiger partial charge is 0.355 e. The van der Waals surface area contributed by atoms with Gasteiger partial charge in [0.15, 0.2) is 0 Å². The van der Waals surface area contributed by atoms with Gasteiger partial charge in [-0.25, -0.2) is 12.8 Å². The summed E-state index contributed by atoms with van der Waals surface area (Å²) in [6.07, 6.45) is 4.19. The van der Waals surface area contributed by atoms with Crippen LogP contribution in [0.1, 0.15) is 28.2 Å². The van der Waals surface area contributed by atoms with Crippen LogP contribution < -0.4 is 5.32 Å². The average Bonchev–Trinajstić information content (AvgIpc) is 3.18. The van der Waals surface area contributed by atoms with E-state index in [0.29, 0.717) is 29.4 Å². The molecule has 0 amide bonds. The molecule has 2 heterocycles. The van der Waals surface area contributed by atoms with Gasteiger partial charge in [0.05, 0.1) is 6.20 Å². The highest BCUT2D eigenvalue weighted by Gasteiger charge is 2.71. The summed E-state index contributed by atoms with van der Waals surface area (Å²) in [5.41, 5.74) is 4.72. The van der Waals surface area contributed by atoms with Crippen LogP contribution >= 0.6 is 11.6 Å². The van der Waals surface area contributed by atoms with E-state index in [1.807, 2.05) is 43.3 Å². The predicted octanol–water partition coefficient (Wildman–Crippen LogP) is 5.62. The van der Waals surface area contributed by atoms with Gasteiger partial charge in [0.1, 0.15) is 10.7 Å². The van der Waals surface area contributed by atoms with Gasteiger partial charge in [-0.3, -0.25) is 4.68 Å². The number of anilines is 2. The Morgan fingerprint density at radius 1 is 1.18 bits per heavy atom. The first kappa shape index (κ1) is 25.7. The number of benzene rings is 3. The number of fused-ring (bicyclic) bond motifs is 1. The number of rotatable bonds is 7. The third kappa shape index (κ3) is 4.25. The summed E-state index contributed by atoms with van der Waals surface area (Å²) in [4.78, 5) is 0.177. The number of piperidine rings is 1. The van der Waals surface area contributed by atoms with E-state index < -0.39 is 15.4 Å². The third-order valence-corrected chi connectivity index (χ3v) is 10.1. The van der Waals surface area contributed by atoms with Gasteiger partial charge in [-0.1, -0.05) is 23.7 Å². The van der Waals surface area contributed by atoms with Gasteiger partial charge in [-0.2, -0.15) is 9.40 Å². The molecule has 200 valence electrons. The second kappa shape index (κ2) is 9.29. The molecule has 6 rings (SSSR count). The van der Waals surface area contributed by atoms with E-state index in [9.17, 15) is 12.8 Å². The fourth-order valence-electron chi connectivity index (χ4n) is 6.27. The molecule has 2 aliphatic rings. The van der Waals surface area contributed by atoms with E-state index in [2.05, 4.69) is 10.4 Å². The number of aromatic nitrogens is 2. The molecule has 7 nitrogen and oxygen atoms in total. The minimum Gasteiger partial charge on any atom is -0.355 e. The average molecular weight is 564 g/mol. The van der Waals surface area contributed by atoms with Gasteiger partial charge in [-0.15, -0.1) is 0 Å². The van der Waals surface area contributed by atoms with E-state index in [1.54, 1.807) is 23.5 Å². The first-order valence-corrected chi connectivity index (χ1v) is 14.4. The molecule has 39 heavy (non-hydrogen) atoms. The molecule has 1 aliphatic carbocycles. The lowest BCUT2D eigenvalue weighted by molar-refractivity contribution is 0.421. The third-order valence-electron chi connectivity index (χ3n) is 8.05. The highest BCUT2D eigenvalue weighted by molar-refractivity contribution is 7.89. The Hall–Kier alpha value is -3.53. The standard InChI is InChI=1S/C29H27ClFN5O2S/c1-18-10-27(34-23-8-6-22(31)7-9-23)20(13-32)12-25(18)29-17-36(39(37,38)24-14-33-35(2)15-24)16-26(29)28(29)19-4-3-5-21(30)11-19/h3-15,26,28,32,34H,16-17H2,1-2H3/t26-,28-,29+/m1/s1. The summed E-state index contributed by atoms with van der Waals surface area (Å²) >= 11 is 6.36. The quantitative estimate of drug-likeness (QED) is 0.286. The molecule has 0 bridgehead atoms. The van der Waals surface area contributed by atoms with Crippen LogP contribution in [0.15, 0.2) is 78.0 Å². The van der Waals surface area contributed by atoms with Gasteiger partial charge in [-0.05, 0) is 78.1 Å². The van der Waals surface area contributed by atoms with Gasteiger partial charge >= 0.3 is 0 Å². The molecule has 1 aromatic heterocycles. The molecular formula is C29H27ClFN5O2S. The first-order valence-electron chi connectivity index (χ1n) is 12.6. The van der Waals surface area contributed by atoms with Crippen molar-refractivity contribution in [1.82, 2.24) is 14.1 Å². The maximum absolute atomic E-state index is 13.6. The van der Waals surface area contributed by atoms with Crippen LogP contribution in [0.2, 0.25) is 5.02 Å². The first-order chi connectivity index (χ1) is 18.6. The van der Waals surface area contributed by atoms with Crippen molar-refractivity contribution in [3.05, 3.63) is 106 Å². The SMILES string of the molecule is Cc1cc(Nc2ccc(F)cc2)c(C=N)cc1[C@@]12CN(S(=O)(=O)c3cnn(C)c3)C[C@@H]1[C@H]2c1cccc(Cl)c1. The van der Waals surface area contributed by atoms with Crippen molar-refractivity contribution in [2.24, 2.45) is 13.0 Å². The molecule has 3 aromatic carbocycles. The van der Waals surface area contributed by atoms with Crippen LogP contribution in [-0.4, -0.2) is 41.8 Å². The van der Waals surface area contributed by atoms with Crippen LogP contribution in [0.4, 0.5) is 15.8 Å². The van der Waals surface area contributed by atoms with E-state index >= 15 is 0 Å². The van der Waals surface area contributed by atoms with Crippen LogP contribution in [0.3, 0.4) is 0 Å². The van der Waals surface area contributed by atoms with E-state index in [-0.39, 0.29) is 22.5 Å². The molecule has 2 N–H and O–H groups in total. The Labute approximate surface area is 231 Å². The lowest BCUT2D eigenvalue weighted by Crippen LogP contribution is -2.34. The molecule has 0 spiro atoms. The zero-order valence-corrected chi connectivity index (χ0v) is 23.0. The fraction of sp³-hybridized carbons (Fsp3) is 0.241. The number of sulfonamides is 1. The summed E-state index contributed by atoms with van der Waals surface area (Å²) in [6.45, 7) is 2.70. The highest BCUT2D eigenvalue weighted by atomic mass is 35.5. The zero-order chi connectivity index (χ0) is 27.5. The molecule has 2 fully saturated rings. The van der Waals surface area contributed by atoms with Gasteiger partial charge < -0.3 is 10.7 Å². The van der Waals surface area contributed by atoms with Crippen LogP contribution in [-0.2, 0) is 22.5 Å². The maximum Gasteiger partial charge on any atom is 0.246 e. The Bertz CT molecular complexity index is 1710. The predicted molar refractivity (Wildman–Crippen MR) is 150 cm³/mol. The lowest BCUT2D eigenvalue weighted by atomic mass is 9.86. The minimum absolute atomic E-state index is 0.0515. The highest BCUT2D eigenvalue weighted by Crippen LogP contribution is 2.70. The van der Waals surface area contributed by atoms with Crippen molar-refractivity contribution in [3.8, 4) is 0 Å². The van der Waals surface area contributed by atoms with Crippen molar-refractivity contribution in [2.45, 2.75) is 23.2 Å². The van der Waals surface area contributed by atoms with Gasteiger partial charge in [0.2, 0.25) is 10.0 Å². The summed E-state index contributed by atoms with van der Waals surface area (Å²) in [5.74, 6) is -0.183. The second-order valence-corrected chi connectivity index (χ2v) is 12.7. The Kier molecular flexibility index (Phi) is 6.13. The fourth-order valence-corrected chi connectivity index (χ4v) is 7.97. The lowest BCUT2D eigenvalue weighted by Gasteiger charge is -2.26. The Morgan fingerprint density at radius 2 is 1.95 bits per heavy atom. The molecule has 1 saturated carbocycles. The van der Waals surface area contributed by atoms with E-state index in [1.165, 1.54) is 35.4 Å². The summed E-state index contributed by atoms with van der Waals surface area (Å²) in [7, 11) is -2.03. The summed E-state index contributed by atoms with van der Waals surface area (Å²) < 4.78 is 43.6. The Balaban J connectivity index is 1.42. The molecule has 3 atom stereocenters. The van der Waals surface area contributed by atoms with E-state index in [0.717, 1.165) is 22.4 Å². The number of hydrogen-bond donors (Lipinski definition) is 2. The molecular weight excluding hydrogens is 537 g/mol. The second-order valence-electron chi connectivity index (χ2n) is 10.4. The molecule has 0 unspecified atom stereocenters. The van der Waals surface area contributed by atoms with E-state index in [4.69, 9.17) is 17.0 Å². The normalized spacial score (nSPS) is 22.5. The topological polar surface area (TPSA) is 91.1 Å². The van der Waals surface area contributed by atoms with Crippen LogP contribution in [0.5, 0.6) is 0 Å². The monoisotopic (exact) mass is 563 g/mol. The molecule has 4 aromatic rings. The molecule has 10 heteroatoms. The van der Waals surface area contributed by atoms with Gasteiger partial charge in [0.25, 0.3) is 0 Å². The number of hydrogen-bond acceptors (Lipinski definition) is 5. The van der Waals surface area contributed by atoms with Crippen LogP contribution in [0.25, 0.3) is 0 Å². The molecule has 1 saturated heterocycles. The van der Waals surface area contributed by atoms with Crippen molar-refractivity contribution in [3.63, 3.8) is 0 Å². The van der Waals surface area contributed by atoms with Crippen molar-refractivity contribution in [2.75, 3.05) is 18.4 Å². The zero-order valence-electron chi connectivity index (χ0n) is 21.4. The summed E-state index contributed by atoms with van der Waals surface area (Å²) in [5, 5.41) is 16.1. The number of aryl methyl sites for hydroxylation is 2. The van der Waals surface area contributed by atoms with Crippen LogP contribution in [0, 0.1) is 24.1 Å².